The summed E-state index contributed by atoms with van der Waals surface area (Å²) in [5, 5.41) is 7.04. The third-order valence-corrected chi connectivity index (χ3v) is 1.79. The van der Waals surface area contributed by atoms with E-state index in [0.717, 1.165) is 10.4 Å². The van der Waals surface area contributed by atoms with Gasteiger partial charge in [0.2, 0.25) is 0 Å². The van der Waals surface area contributed by atoms with Crippen LogP contribution < -0.4 is 4.84 Å². The SMILES string of the molecule is O=C(Cc1ccccc1)On1ccnn1. The van der Waals surface area contributed by atoms with Gasteiger partial charge >= 0.3 is 5.97 Å². The Hall–Kier alpha value is -2.17. The summed E-state index contributed by atoms with van der Waals surface area (Å²) in [7, 11) is 0. The van der Waals surface area contributed by atoms with E-state index in [0.29, 0.717) is 0 Å². The summed E-state index contributed by atoms with van der Waals surface area (Å²) in [5.74, 6) is -0.369. The van der Waals surface area contributed by atoms with Crippen molar-refractivity contribution in [2.45, 2.75) is 6.42 Å². The molecule has 0 amide bonds. The summed E-state index contributed by atoms with van der Waals surface area (Å²) < 4.78 is 0. The summed E-state index contributed by atoms with van der Waals surface area (Å²) >= 11 is 0. The van der Waals surface area contributed by atoms with Crippen molar-refractivity contribution in [3.8, 4) is 0 Å². The molecule has 5 nitrogen and oxygen atoms in total. The molecule has 1 heterocycles. The Morgan fingerprint density at radius 1 is 1.33 bits per heavy atom. The number of hydrogen-bond donors (Lipinski definition) is 0. The Bertz CT molecular complexity index is 425. The van der Waals surface area contributed by atoms with Gasteiger partial charge in [-0.2, -0.15) is 0 Å². The number of nitrogens with zero attached hydrogens (tertiary/aromatic N) is 3. The van der Waals surface area contributed by atoms with Gasteiger partial charge in [-0.1, -0.05) is 35.2 Å². The predicted molar refractivity (Wildman–Crippen MR) is 51.8 cm³/mol. The van der Waals surface area contributed by atoms with Gasteiger partial charge in [0.1, 0.15) is 0 Å². The van der Waals surface area contributed by atoms with Gasteiger partial charge in [-0.15, -0.1) is 5.10 Å². The fourth-order valence-corrected chi connectivity index (χ4v) is 1.15. The first-order valence-corrected chi connectivity index (χ1v) is 4.46. The summed E-state index contributed by atoms with van der Waals surface area (Å²) in [4.78, 5) is 17.3. The van der Waals surface area contributed by atoms with Gasteiger partial charge in [-0.3, -0.25) is 0 Å². The number of carbonyl (C=O) groups is 1. The maximum atomic E-state index is 11.4. The average molecular weight is 203 g/mol. The number of carbonyl (C=O) groups excluding carboxylic acids is 1. The monoisotopic (exact) mass is 203 g/mol. The molecule has 0 saturated carbocycles. The fraction of sp³-hybridized carbons (Fsp3) is 0.100. The lowest BCUT2D eigenvalue weighted by atomic mass is 10.2. The number of rotatable bonds is 3. The lowest BCUT2D eigenvalue weighted by Crippen LogP contribution is -2.21. The van der Waals surface area contributed by atoms with Crippen LogP contribution in [0.4, 0.5) is 0 Å². The molecule has 0 aliphatic rings. The van der Waals surface area contributed by atoms with Crippen molar-refractivity contribution in [2.24, 2.45) is 0 Å². The van der Waals surface area contributed by atoms with Crippen LogP contribution in [0.1, 0.15) is 5.56 Å². The highest BCUT2D eigenvalue weighted by atomic mass is 16.7. The smallest absolute Gasteiger partial charge is 0.318 e. The highest BCUT2D eigenvalue weighted by Crippen LogP contribution is 1.99. The normalized spacial score (nSPS) is 9.87. The molecule has 1 aromatic carbocycles. The van der Waals surface area contributed by atoms with Gasteiger partial charge in [-0.25, -0.2) is 4.79 Å². The Kier molecular flexibility index (Phi) is 2.73. The van der Waals surface area contributed by atoms with Crippen molar-refractivity contribution in [3.05, 3.63) is 48.3 Å². The zero-order valence-electron chi connectivity index (χ0n) is 7.91. The largest absolute Gasteiger partial charge is 0.339 e. The number of benzene rings is 1. The van der Waals surface area contributed by atoms with Crippen LogP contribution in [0.3, 0.4) is 0 Å². The minimum Gasteiger partial charge on any atom is -0.318 e. The van der Waals surface area contributed by atoms with Gasteiger partial charge < -0.3 is 4.84 Å². The van der Waals surface area contributed by atoms with E-state index in [2.05, 4.69) is 10.3 Å². The van der Waals surface area contributed by atoms with E-state index >= 15 is 0 Å². The minimum atomic E-state index is -0.369. The van der Waals surface area contributed by atoms with Crippen LogP contribution in [0.15, 0.2) is 42.7 Å². The molecule has 0 radical (unpaired) electrons. The second-order valence-electron chi connectivity index (χ2n) is 2.93. The molecule has 0 aliphatic carbocycles. The van der Waals surface area contributed by atoms with E-state index < -0.39 is 0 Å². The van der Waals surface area contributed by atoms with Gasteiger partial charge in [-0.05, 0) is 10.8 Å². The van der Waals surface area contributed by atoms with Gasteiger partial charge in [0.25, 0.3) is 0 Å². The fourth-order valence-electron chi connectivity index (χ4n) is 1.15. The van der Waals surface area contributed by atoms with Crippen LogP contribution in [-0.4, -0.2) is 21.1 Å². The first-order chi connectivity index (χ1) is 7.34. The van der Waals surface area contributed by atoms with Crippen molar-refractivity contribution in [1.29, 1.82) is 0 Å². The second-order valence-corrected chi connectivity index (χ2v) is 2.93. The quantitative estimate of drug-likeness (QED) is 0.681. The van der Waals surface area contributed by atoms with E-state index in [1.807, 2.05) is 30.3 Å². The average Bonchev–Trinajstić information content (AvgIpc) is 2.71. The van der Waals surface area contributed by atoms with E-state index in [4.69, 9.17) is 4.84 Å². The Morgan fingerprint density at radius 3 is 2.80 bits per heavy atom. The maximum absolute atomic E-state index is 11.4. The van der Waals surface area contributed by atoms with E-state index in [-0.39, 0.29) is 12.4 Å². The zero-order chi connectivity index (χ0) is 10.5. The van der Waals surface area contributed by atoms with Gasteiger partial charge in [0, 0.05) is 0 Å². The summed E-state index contributed by atoms with van der Waals surface area (Å²) in [5.41, 5.74) is 0.905. The molecule has 0 saturated heterocycles. The molecule has 0 atom stereocenters. The molecular formula is C10H9N3O2. The van der Waals surface area contributed by atoms with Crippen molar-refractivity contribution in [3.63, 3.8) is 0 Å². The third kappa shape index (κ3) is 2.63. The second kappa shape index (κ2) is 4.36. The number of aromatic nitrogens is 3. The molecule has 2 aromatic rings. The predicted octanol–water partition coefficient (Wildman–Crippen LogP) is 0.476. The van der Waals surface area contributed by atoms with Crippen LogP contribution in [0.2, 0.25) is 0 Å². The first-order valence-electron chi connectivity index (χ1n) is 4.46. The first kappa shape index (κ1) is 9.39. The highest BCUT2D eigenvalue weighted by Gasteiger charge is 2.05. The molecule has 1 aromatic heterocycles. The van der Waals surface area contributed by atoms with Crippen LogP contribution in [-0.2, 0) is 11.2 Å². The maximum Gasteiger partial charge on any atom is 0.339 e. The van der Waals surface area contributed by atoms with Crippen LogP contribution >= 0.6 is 0 Å². The Balaban J connectivity index is 1.94. The van der Waals surface area contributed by atoms with Crippen LogP contribution in [0.25, 0.3) is 0 Å². The lowest BCUT2D eigenvalue weighted by Gasteiger charge is -2.01. The molecular weight excluding hydrogens is 194 g/mol. The lowest BCUT2D eigenvalue weighted by molar-refractivity contribution is -0.145. The van der Waals surface area contributed by atoms with Crippen molar-refractivity contribution in [1.82, 2.24) is 15.2 Å². The molecule has 5 heteroatoms. The summed E-state index contributed by atoms with van der Waals surface area (Å²) in [6, 6.07) is 9.37. The zero-order valence-corrected chi connectivity index (χ0v) is 7.91. The molecule has 0 spiro atoms. The standard InChI is InChI=1S/C10H9N3O2/c14-10(15-13-7-6-11-12-13)8-9-4-2-1-3-5-9/h1-7H,8H2. The molecule has 76 valence electrons. The van der Waals surface area contributed by atoms with Gasteiger partial charge in [0.15, 0.2) is 0 Å². The Morgan fingerprint density at radius 2 is 2.13 bits per heavy atom. The van der Waals surface area contributed by atoms with E-state index in [9.17, 15) is 4.79 Å². The minimum absolute atomic E-state index is 0.223. The van der Waals surface area contributed by atoms with Crippen molar-refractivity contribution in [2.75, 3.05) is 0 Å². The molecule has 15 heavy (non-hydrogen) atoms. The molecule has 0 N–H and O–H groups in total. The Labute approximate surface area is 86.2 Å². The third-order valence-electron chi connectivity index (χ3n) is 1.79. The number of hydrogen-bond acceptors (Lipinski definition) is 4. The van der Waals surface area contributed by atoms with Gasteiger partial charge in [0.05, 0.1) is 18.8 Å². The van der Waals surface area contributed by atoms with Crippen LogP contribution in [0, 0.1) is 0 Å². The highest BCUT2D eigenvalue weighted by molar-refractivity contribution is 5.72. The molecule has 0 unspecified atom stereocenters. The molecule has 0 bridgehead atoms. The van der Waals surface area contributed by atoms with E-state index in [1.165, 1.54) is 12.4 Å². The summed E-state index contributed by atoms with van der Waals surface area (Å²) in [6.45, 7) is 0. The van der Waals surface area contributed by atoms with Crippen molar-refractivity contribution < 1.29 is 9.63 Å². The topological polar surface area (TPSA) is 57.0 Å². The molecule has 0 aliphatic heterocycles. The van der Waals surface area contributed by atoms with E-state index in [1.54, 1.807) is 0 Å². The van der Waals surface area contributed by atoms with Crippen LogP contribution in [0.5, 0.6) is 0 Å². The summed E-state index contributed by atoms with van der Waals surface area (Å²) in [6.07, 6.45) is 3.12. The molecule has 2 rings (SSSR count). The molecule has 0 fully saturated rings. The van der Waals surface area contributed by atoms with Crippen molar-refractivity contribution >= 4 is 5.97 Å².